The largest absolute Gasteiger partial charge is 0.395 e. The fourth-order valence-corrected chi connectivity index (χ4v) is 1.19. The number of hydrogen-bond acceptors (Lipinski definition) is 3. The van der Waals surface area contributed by atoms with E-state index in [1.165, 1.54) is 4.68 Å². The minimum atomic E-state index is -0.178. The third kappa shape index (κ3) is 1.63. The Morgan fingerprint density at radius 3 is 2.69 bits per heavy atom. The molecular formula is C8H14N4O. The van der Waals surface area contributed by atoms with Crippen molar-refractivity contribution in [2.45, 2.75) is 13.8 Å². The van der Waals surface area contributed by atoms with Crippen LogP contribution in [0.15, 0.2) is 0 Å². The van der Waals surface area contributed by atoms with E-state index in [2.05, 4.69) is 10.4 Å². The first-order chi connectivity index (χ1) is 6.07. The van der Waals surface area contributed by atoms with Gasteiger partial charge in [0.2, 0.25) is 0 Å². The van der Waals surface area contributed by atoms with Gasteiger partial charge in [-0.1, -0.05) is 0 Å². The summed E-state index contributed by atoms with van der Waals surface area (Å²) in [6.45, 7) is 4.22. The van der Waals surface area contributed by atoms with Crippen LogP contribution in [0.25, 0.3) is 0 Å². The number of carbonyl (C=O) groups is 1. The minimum absolute atomic E-state index is 0.178. The molecule has 1 amide bonds. The first kappa shape index (κ1) is 9.57. The summed E-state index contributed by atoms with van der Waals surface area (Å²) in [5.41, 5.74) is 7.26. The van der Waals surface area contributed by atoms with Gasteiger partial charge in [-0.25, -0.2) is 0 Å². The van der Waals surface area contributed by atoms with Gasteiger partial charge in [-0.2, -0.15) is 5.10 Å². The lowest BCUT2D eigenvalue weighted by Crippen LogP contribution is -2.25. The van der Waals surface area contributed by atoms with E-state index in [4.69, 9.17) is 5.73 Å². The van der Waals surface area contributed by atoms with E-state index in [0.29, 0.717) is 23.6 Å². The number of aryl methyl sites for hydroxylation is 2. The third-order valence-electron chi connectivity index (χ3n) is 1.82. The molecule has 5 nitrogen and oxygen atoms in total. The molecule has 0 aromatic carbocycles. The number of nitrogen functional groups attached to an aromatic ring is 1. The normalized spacial score (nSPS) is 10.1. The highest BCUT2D eigenvalue weighted by Gasteiger charge is 2.16. The quantitative estimate of drug-likeness (QED) is 0.679. The van der Waals surface area contributed by atoms with Gasteiger partial charge in [0.15, 0.2) is 0 Å². The molecule has 1 rings (SSSR count). The average molecular weight is 182 g/mol. The van der Waals surface area contributed by atoms with E-state index in [0.717, 1.165) is 0 Å². The third-order valence-corrected chi connectivity index (χ3v) is 1.82. The first-order valence-corrected chi connectivity index (χ1v) is 4.15. The molecule has 0 radical (unpaired) electrons. The van der Waals surface area contributed by atoms with Crippen molar-refractivity contribution in [2.24, 2.45) is 7.05 Å². The molecule has 0 aliphatic heterocycles. The zero-order chi connectivity index (χ0) is 10.0. The number of hydrogen-bond donors (Lipinski definition) is 2. The van der Waals surface area contributed by atoms with Crippen molar-refractivity contribution in [1.29, 1.82) is 0 Å². The van der Waals surface area contributed by atoms with E-state index in [1.54, 1.807) is 14.0 Å². The Morgan fingerprint density at radius 2 is 2.31 bits per heavy atom. The van der Waals surface area contributed by atoms with Gasteiger partial charge in [0.25, 0.3) is 5.91 Å². The Hall–Kier alpha value is -1.52. The van der Waals surface area contributed by atoms with Gasteiger partial charge in [-0.3, -0.25) is 9.48 Å². The molecule has 3 N–H and O–H groups in total. The summed E-state index contributed by atoms with van der Waals surface area (Å²) in [4.78, 5) is 11.4. The number of nitrogens with two attached hydrogens (primary N) is 1. The summed E-state index contributed by atoms with van der Waals surface area (Å²) in [5.74, 6) is -0.178. The zero-order valence-electron chi connectivity index (χ0n) is 8.09. The van der Waals surface area contributed by atoms with Crippen molar-refractivity contribution in [2.75, 3.05) is 12.3 Å². The molecule has 1 aromatic heterocycles. The van der Waals surface area contributed by atoms with Crippen molar-refractivity contribution in [3.8, 4) is 0 Å². The summed E-state index contributed by atoms with van der Waals surface area (Å²) in [6.07, 6.45) is 0. The number of amides is 1. The van der Waals surface area contributed by atoms with E-state index in [1.807, 2.05) is 6.92 Å². The van der Waals surface area contributed by atoms with Gasteiger partial charge in [-0.05, 0) is 13.8 Å². The smallest absolute Gasteiger partial charge is 0.271 e. The van der Waals surface area contributed by atoms with Crippen LogP contribution in [0.3, 0.4) is 0 Å². The van der Waals surface area contributed by atoms with Crippen molar-refractivity contribution < 1.29 is 4.79 Å². The van der Waals surface area contributed by atoms with Crippen LogP contribution in [0.2, 0.25) is 0 Å². The monoisotopic (exact) mass is 182 g/mol. The number of aromatic nitrogens is 2. The Kier molecular flexibility index (Phi) is 2.55. The molecule has 1 aromatic rings. The van der Waals surface area contributed by atoms with Crippen LogP contribution < -0.4 is 11.1 Å². The van der Waals surface area contributed by atoms with Gasteiger partial charge in [0.05, 0.1) is 11.4 Å². The maximum Gasteiger partial charge on any atom is 0.271 e. The second kappa shape index (κ2) is 3.47. The van der Waals surface area contributed by atoms with Crippen LogP contribution in [0.5, 0.6) is 0 Å². The average Bonchev–Trinajstić information content (AvgIpc) is 2.27. The molecule has 0 spiro atoms. The Balaban J connectivity index is 3.06. The van der Waals surface area contributed by atoms with Crippen molar-refractivity contribution in [3.63, 3.8) is 0 Å². The molecule has 0 aliphatic carbocycles. The maximum absolute atomic E-state index is 11.4. The summed E-state index contributed by atoms with van der Waals surface area (Å²) < 4.78 is 1.50. The minimum Gasteiger partial charge on any atom is -0.395 e. The predicted octanol–water partition coefficient (Wildman–Crippen LogP) is 0.0604. The number of anilines is 1. The SMILES string of the molecule is CCNC(=O)c1c(N)c(C)nn1C. The molecule has 72 valence electrons. The van der Waals surface area contributed by atoms with Crippen molar-refractivity contribution in [1.82, 2.24) is 15.1 Å². The maximum atomic E-state index is 11.4. The number of nitrogens with one attached hydrogen (secondary N) is 1. The van der Waals surface area contributed by atoms with E-state index in [9.17, 15) is 4.79 Å². The van der Waals surface area contributed by atoms with Gasteiger partial charge in [0, 0.05) is 13.6 Å². The first-order valence-electron chi connectivity index (χ1n) is 4.15. The fraction of sp³-hybridized carbons (Fsp3) is 0.500. The highest BCUT2D eigenvalue weighted by atomic mass is 16.2. The molecular weight excluding hydrogens is 168 g/mol. The molecule has 0 fully saturated rings. The number of nitrogens with zero attached hydrogens (tertiary/aromatic N) is 2. The predicted molar refractivity (Wildman–Crippen MR) is 50.4 cm³/mol. The van der Waals surface area contributed by atoms with Crippen LogP contribution in [0.1, 0.15) is 23.1 Å². The molecule has 0 unspecified atom stereocenters. The lowest BCUT2D eigenvalue weighted by atomic mass is 10.3. The van der Waals surface area contributed by atoms with Gasteiger partial charge >= 0.3 is 0 Å². The van der Waals surface area contributed by atoms with E-state index >= 15 is 0 Å². The van der Waals surface area contributed by atoms with E-state index in [-0.39, 0.29) is 5.91 Å². The second-order valence-electron chi connectivity index (χ2n) is 2.83. The molecule has 13 heavy (non-hydrogen) atoms. The highest BCUT2D eigenvalue weighted by molar-refractivity contribution is 5.97. The standard InChI is InChI=1S/C8H14N4O/c1-4-10-8(13)7-6(9)5(2)11-12(7)3/h4,9H2,1-3H3,(H,10,13). The van der Waals surface area contributed by atoms with Crippen LogP contribution in [0, 0.1) is 6.92 Å². The summed E-state index contributed by atoms with van der Waals surface area (Å²) in [6, 6.07) is 0. The highest BCUT2D eigenvalue weighted by Crippen LogP contribution is 2.14. The molecule has 0 saturated heterocycles. The molecule has 0 bridgehead atoms. The molecule has 5 heteroatoms. The Labute approximate surface area is 76.9 Å². The topological polar surface area (TPSA) is 72.9 Å². The number of rotatable bonds is 2. The Morgan fingerprint density at radius 1 is 1.69 bits per heavy atom. The van der Waals surface area contributed by atoms with Gasteiger partial charge < -0.3 is 11.1 Å². The van der Waals surface area contributed by atoms with Crippen LogP contribution in [-0.2, 0) is 7.05 Å². The number of carbonyl (C=O) groups excluding carboxylic acids is 1. The van der Waals surface area contributed by atoms with Crippen LogP contribution in [0.4, 0.5) is 5.69 Å². The van der Waals surface area contributed by atoms with Crippen molar-refractivity contribution in [3.05, 3.63) is 11.4 Å². The van der Waals surface area contributed by atoms with Gasteiger partial charge in [0.1, 0.15) is 5.69 Å². The summed E-state index contributed by atoms with van der Waals surface area (Å²) in [7, 11) is 1.70. The van der Waals surface area contributed by atoms with Gasteiger partial charge in [-0.15, -0.1) is 0 Å². The van der Waals surface area contributed by atoms with Crippen LogP contribution >= 0.6 is 0 Å². The van der Waals surface area contributed by atoms with Crippen molar-refractivity contribution >= 4 is 11.6 Å². The molecule has 0 saturated carbocycles. The van der Waals surface area contributed by atoms with E-state index < -0.39 is 0 Å². The lowest BCUT2D eigenvalue weighted by molar-refractivity contribution is 0.0947. The Bertz CT molecular complexity index is 329. The molecule has 0 aliphatic rings. The zero-order valence-corrected chi connectivity index (χ0v) is 8.09. The molecule has 1 heterocycles. The molecule has 0 atom stereocenters. The van der Waals surface area contributed by atoms with Crippen LogP contribution in [-0.4, -0.2) is 22.2 Å². The summed E-state index contributed by atoms with van der Waals surface area (Å²) >= 11 is 0. The lowest BCUT2D eigenvalue weighted by Gasteiger charge is -2.02. The summed E-state index contributed by atoms with van der Waals surface area (Å²) in [5, 5.41) is 6.72. The second-order valence-corrected chi connectivity index (χ2v) is 2.83. The fourth-order valence-electron chi connectivity index (χ4n) is 1.19.